The van der Waals surface area contributed by atoms with E-state index in [0.717, 1.165) is 10.4 Å². The summed E-state index contributed by atoms with van der Waals surface area (Å²) in [6.45, 7) is 1.14. The molecule has 0 fully saturated rings. The second-order valence-corrected chi connectivity index (χ2v) is 5.60. The molecule has 0 heterocycles. The smallest absolute Gasteiger partial charge is 0.216 e. The quantitative estimate of drug-likeness (QED) is 0.916. The van der Waals surface area contributed by atoms with Crippen LogP contribution in [0.15, 0.2) is 18.2 Å². The third kappa shape index (κ3) is 3.69. The van der Waals surface area contributed by atoms with Gasteiger partial charge in [0.25, 0.3) is 10.2 Å². The van der Waals surface area contributed by atoms with Gasteiger partial charge in [0, 0.05) is 13.6 Å². The van der Waals surface area contributed by atoms with Crippen molar-refractivity contribution in [3.8, 4) is 0 Å². The molecule has 0 radical (unpaired) electrons. The Morgan fingerprint density at radius 2 is 1.89 bits per heavy atom. The zero-order chi connectivity index (χ0) is 14.1. The maximum absolute atomic E-state index is 12.6. The molecule has 0 unspecified atom stereocenters. The molecule has 4 nitrogen and oxygen atoms in total. The highest BCUT2D eigenvalue weighted by Gasteiger charge is 2.32. The average molecular weight is 282 g/mol. The number of aryl methyl sites for hydroxylation is 1. The third-order valence-corrected chi connectivity index (χ3v) is 3.44. The zero-order valence-electron chi connectivity index (χ0n) is 9.82. The molecule has 1 aromatic rings. The van der Waals surface area contributed by atoms with Crippen molar-refractivity contribution in [2.45, 2.75) is 19.6 Å². The normalized spacial score (nSPS) is 13.1. The van der Waals surface area contributed by atoms with Gasteiger partial charge in [-0.3, -0.25) is 0 Å². The lowest BCUT2D eigenvalue weighted by Crippen LogP contribution is -2.32. The molecule has 0 atom stereocenters. The fourth-order valence-corrected chi connectivity index (χ4v) is 1.75. The van der Waals surface area contributed by atoms with Crippen LogP contribution in [0.3, 0.4) is 0 Å². The maximum Gasteiger partial charge on any atom is 0.416 e. The summed E-state index contributed by atoms with van der Waals surface area (Å²) in [6.07, 6.45) is -4.46. The molecule has 8 heteroatoms. The Bertz CT molecular complexity index is 541. The van der Waals surface area contributed by atoms with E-state index in [4.69, 9.17) is 5.14 Å². The third-order valence-electron chi connectivity index (χ3n) is 2.45. The summed E-state index contributed by atoms with van der Waals surface area (Å²) in [7, 11) is -2.71. The predicted octanol–water partition coefficient (Wildman–Crippen LogP) is 1.65. The van der Waals surface area contributed by atoms with Crippen molar-refractivity contribution in [2.24, 2.45) is 5.14 Å². The largest absolute Gasteiger partial charge is 0.416 e. The van der Waals surface area contributed by atoms with E-state index in [2.05, 4.69) is 0 Å². The van der Waals surface area contributed by atoms with Crippen LogP contribution in [0, 0.1) is 6.92 Å². The number of hydrogen-bond acceptors (Lipinski definition) is 2. The molecule has 0 saturated heterocycles. The standard InChI is InChI=1S/C10H13F3N2O2S/c1-7-3-4-8(5-9(7)10(11,12)13)6-15(2)18(14,16)17/h3-5H,6H2,1-2H3,(H2,14,16,17). The maximum atomic E-state index is 12.6. The number of halogens is 3. The van der Waals surface area contributed by atoms with Gasteiger partial charge >= 0.3 is 6.18 Å². The van der Waals surface area contributed by atoms with Crippen LogP contribution in [0.1, 0.15) is 16.7 Å². The molecular formula is C10H13F3N2O2S. The zero-order valence-corrected chi connectivity index (χ0v) is 10.6. The number of benzene rings is 1. The molecule has 0 saturated carbocycles. The van der Waals surface area contributed by atoms with E-state index in [9.17, 15) is 21.6 Å². The number of nitrogens with two attached hydrogens (primary N) is 1. The van der Waals surface area contributed by atoms with Gasteiger partial charge in [-0.25, -0.2) is 5.14 Å². The molecular weight excluding hydrogens is 269 g/mol. The van der Waals surface area contributed by atoms with Crippen LogP contribution < -0.4 is 5.14 Å². The van der Waals surface area contributed by atoms with Gasteiger partial charge in [-0.1, -0.05) is 12.1 Å². The molecule has 2 N–H and O–H groups in total. The second kappa shape index (κ2) is 4.87. The van der Waals surface area contributed by atoms with Crippen molar-refractivity contribution in [3.63, 3.8) is 0 Å². The van der Waals surface area contributed by atoms with Gasteiger partial charge in [0.2, 0.25) is 0 Å². The van der Waals surface area contributed by atoms with Crippen LogP contribution in [-0.2, 0) is 22.9 Å². The monoisotopic (exact) mass is 282 g/mol. The Kier molecular flexibility index (Phi) is 4.04. The van der Waals surface area contributed by atoms with E-state index in [1.54, 1.807) is 0 Å². The first kappa shape index (κ1) is 14.9. The van der Waals surface area contributed by atoms with E-state index in [1.165, 1.54) is 26.1 Å². The summed E-state index contributed by atoms with van der Waals surface area (Å²) < 4.78 is 60.6. The minimum atomic E-state index is -4.46. The minimum absolute atomic E-state index is 0.0875. The number of hydrogen-bond donors (Lipinski definition) is 1. The Hall–Kier alpha value is -1.12. The first-order chi connectivity index (χ1) is 8.01. The highest BCUT2D eigenvalue weighted by Crippen LogP contribution is 2.32. The molecule has 0 aliphatic heterocycles. The number of alkyl halides is 3. The molecule has 102 valence electrons. The molecule has 0 aliphatic rings. The van der Waals surface area contributed by atoms with Crippen molar-refractivity contribution < 1.29 is 21.6 Å². The first-order valence-electron chi connectivity index (χ1n) is 4.92. The summed E-state index contributed by atoms with van der Waals surface area (Å²) in [6, 6.07) is 3.67. The Labute approximate surface area is 103 Å². The van der Waals surface area contributed by atoms with Crippen LogP contribution in [-0.4, -0.2) is 19.8 Å². The number of nitrogens with zero attached hydrogens (tertiary/aromatic N) is 1. The highest BCUT2D eigenvalue weighted by molar-refractivity contribution is 7.86. The van der Waals surface area contributed by atoms with Gasteiger partial charge in [-0.05, 0) is 24.1 Å². The lowest BCUT2D eigenvalue weighted by molar-refractivity contribution is -0.138. The summed E-state index contributed by atoms with van der Waals surface area (Å²) in [5, 5.41) is 4.86. The van der Waals surface area contributed by atoms with Crippen molar-refractivity contribution in [1.29, 1.82) is 0 Å². The van der Waals surface area contributed by atoms with E-state index >= 15 is 0 Å². The first-order valence-corrected chi connectivity index (χ1v) is 6.43. The van der Waals surface area contributed by atoms with E-state index in [-0.39, 0.29) is 17.7 Å². The van der Waals surface area contributed by atoms with E-state index in [0.29, 0.717) is 0 Å². The molecule has 0 aromatic heterocycles. The summed E-state index contributed by atoms with van der Waals surface area (Å²) in [5.74, 6) is 0. The lowest BCUT2D eigenvalue weighted by Gasteiger charge is -2.16. The van der Waals surface area contributed by atoms with E-state index in [1.807, 2.05) is 0 Å². The van der Waals surface area contributed by atoms with Gasteiger partial charge < -0.3 is 0 Å². The van der Waals surface area contributed by atoms with Gasteiger partial charge in [-0.2, -0.15) is 25.9 Å². The Balaban J connectivity index is 3.07. The van der Waals surface area contributed by atoms with Crippen molar-refractivity contribution >= 4 is 10.2 Å². The van der Waals surface area contributed by atoms with Crippen LogP contribution in [0.25, 0.3) is 0 Å². The molecule has 1 aromatic carbocycles. The fraction of sp³-hybridized carbons (Fsp3) is 0.400. The van der Waals surface area contributed by atoms with Gasteiger partial charge in [0.1, 0.15) is 0 Å². The van der Waals surface area contributed by atoms with Crippen molar-refractivity contribution in [1.82, 2.24) is 4.31 Å². The average Bonchev–Trinajstić information content (AvgIpc) is 2.17. The summed E-state index contributed by atoms with van der Waals surface area (Å²) in [4.78, 5) is 0. The van der Waals surface area contributed by atoms with Gasteiger partial charge in [0.05, 0.1) is 5.56 Å². The lowest BCUT2D eigenvalue weighted by atomic mass is 10.0. The topological polar surface area (TPSA) is 63.4 Å². The summed E-state index contributed by atoms with van der Waals surface area (Å²) in [5.41, 5.74) is -0.461. The predicted molar refractivity (Wildman–Crippen MR) is 60.8 cm³/mol. The van der Waals surface area contributed by atoms with Gasteiger partial charge in [-0.15, -0.1) is 0 Å². The minimum Gasteiger partial charge on any atom is -0.216 e. The summed E-state index contributed by atoms with van der Waals surface area (Å²) >= 11 is 0. The van der Waals surface area contributed by atoms with Crippen LogP contribution in [0.4, 0.5) is 13.2 Å². The van der Waals surface area contributed by atoms with Crippen molar-refractivity contribution in [3.05, 3.63) is 34.9 Å². The molecule has 18 heavy (non-hydrogen) atoms. The Morgan fingerprint density at radius 3 is 2.33 bits per heavy atom. The molecule has 0 bridgehead atoms. The molecule has 0 amide bonds. The van der Waals surface area contributed by atoms with Crippen LogP contribution in [0.5, 0.6) is 0 Å². The fourth-order valence-electron chi connectivity index (χ4n) is 1.42. The molecule has 0 aliphatic carbocycles. The second-order valence-electron chi connectivity index (χ2n) is 3.95. The highest BCUT2D eigenvalue weighted by atomic mass is 32.2. The molecule has 1 rings (SSSR count). The molecule has 0 spiro atoms. The van der Waals surface area contributed by atoms with Crippen LogP contribution in [0.2, 0.25) is 0 Å². The van der Waals surface area contributed by atoms with Crippen LogP contribution >= 0.6 is 0 Å². The SMILES string of the molecule is Cc1ccc(CN(C)S(N)(=O)=O)cc1C(F)(F)F. The number of rotatable bonds is 3. The Morgan fingerprint density at radius 1 is 1.33 bits per heavy atom. The van der Waals surface area contributed by atoms with Gasteiger partial charge in [0.15, 0.2) is 0 Å². The van der Waals surface area contributed by atoms with E-state index < -0.39 is 21.9 Å². The van der Waals surface area contributed by atoms with Crippen molar-refractivity contribution in [2.75, 3.05) is 7.05 Å².